The second kappa shape index (κ2) is 7.65. The number of aromatic amines is 2. The summed E-state index contributed by atoms with van der Waals surface area (Å²) in [5, 5.41) is 0.952. The van der Waals surface area contributed by atoms with Gasteiger partial charge in [0.15, 0.2) is 17.2 Å². The highest BCUT2D eigenvalue weighted by Crippen LogP contribution is 2.37. The van der Waals surface area contributed by atoms with Crippen LogP contribution in [0.15, 0.2) is 71.5 Å². The van der Waals surface area contributed by atoms with Crippen LogP contribution in [0.3, 0.4) is 0 Å². The van der Waals surface area contributed by atoms with Crippen molar-refractivity contribution in [2.45, 2.75) is 13.5 Å². The predicted octanol–water partition coefficient (Wildman–Crippen LogP) is 4.97. The largest absolute Gasteiger partial charge is 0.493 e. The van der Waals surface area contributed by atoms with Crippen molar-refractivity contribution in [1.82, 2.24) is 15.0 Å². The summed E-state index contributed by atoms with van der Waals surface area (Å²) in [5.74, 6) is 1.27. The number of rotatable bonds is 5. The number of fused-ring (bicyclic) bond motifs is 2. The Labute approximate surface area is 178 Å². The summed E-state index contributed by atoms with van der Waals surface area (Å²) in [4.78, 5) is 23.6. The lowest BCUT2D eigenvalue weighted by Crippen LogP contribution is -2.12. The quantitative estimate of drug-likeness (QED) is 0.428. The lowest BCUT2D eigenvalue weighted by Gasteiger charge is -2.11. The number of hydrogen-bond donors (Lipinski definition) is 2. The Kier molecular flexibility index (Phi) is 4.67. The first kappa shape index (κ1) is 18.9. The van der Waals surface area contributed by atoms with Crippen LogP contribution in [0, 0.1) is 6.92 Å². The minimum atomic E-state index is -0.235. The number of para-hydroxylation sites is 2. The number of aromatic nitrogens is 3. The summed E-state index contributed by atoms with van der Waals surface area (Å²) in [6.07, 6.45) is 0. The number of hydrogen-bond acceptors (Lipinski definition) is 4. The number of benzene rings is 3. The van der Waals surface area contributed by atoms with Gasteiger partial charge in [-0.05, 0) is 36.2 Å². The molecule has 154 valence electrons. The highest BCUT2D eigenvalue weighted by molar-refractivity contribution is 5.92. The van der Waals surface area contributed by atoms with Gasteiger partial charge in [-0.3, -0.25) is 4.79 Å². The van der Waals surface area contributed by atoms with E-state index in [4.69, 9.17) is 9.47 Å². The van der Waals surface area contributed by atoms with Crippen molar-refractivity contribution in [2.24, 2.45) is 0 Å². The van der Waals surface area contributed by atoms with Gasteiger partial charge in [-0.15, -0.1) is 0 Å². The van der Waals surface area contributed by atoms with E-state index in [0.717, 1.165) is 27.5 Å². The molecule has 31 heavy (non-hydrogen) atoms. The number of nitrogens with zero attached hydrogens (tertiary/aromatic N) is 1. The average Bonchev–Trinajstić information content (AvgIpc) is 3.12. The molecule has 5 aromatic rings. The van der Waals surface area contributed by atoms with Crippen molar-refractivity contribution in [3.05, 3.63) is 88.2 Å². The van der Waals surface area contributed by atoms with E-state index in [1.807, 2.05) is 73.7 Å². The number of methoxy groups -OCH3 is 1. The fraction of sp³-hybridized carbons (Fsp3) is 0.120. The van der Waals surface area contributed by atoms with Crippen molar-refractivity contribution in [1.29, 1.82) is 0 Å². The van der Waals surface area contributed by atoms with Gasteiger partial charge < -0.3 is 19.4 Å². The minimum absolute atomic E-state index is 0.235. The van der Waals surface area contributed by atoms with Crippen LogP contribution in [0.5, 0.6) is 11.5 Å². The summed E-state index contributed by atoms with van der Waals surface area (Å²) in [5.41, 5.74) is 5.11. The van der Waals surface area contributed by atoms with Crippen LogP contribution in [0.1, 0.15) is 11.1 Å². The van der Waals surface area contributed by atoms with Gasteiger partial charge in [-0.1, -0.05) is 42.5 Å². The van der Waals surface area contributed by atoms with E-state index >= 15 is 0 Å². The van der Waals surface area contributed by atoms with E-state index in [0.29, 0.717) is 35.0 Å². The summed E-state index contributed by atoms with van der Waals surface area (Å²) in [7, 11) is 1.61. The molecule has 0 bridgehead atoms. The molecule has 0 radical (unpaired) electrons. The Balaban J connectivity index is 1.59. The Morgan fingerprint density at radius 2 is 1.68 bits per heavy atom. The molecular weight excluding hydrogens is 390 g/mol. The maximum absolute atomic E-state index is 12.7. The second-order valence-corrected chi connectivity index (χ2v) is 7.38. The van der Waals surface area contributed by atoms with E-state index in [1.165, 1.54) is 0 Å². The summed E-state index contributed by atoms with van der Waals surface area (Å²) < 4.78 is 11.6. The van der Waals surface area contributed by atoms with Crippen molar-refractivity contribution in [2.75, 3.05) is 7.11 Å². The molecule has 2 N–H and O–H groups in total. The third-order valence-corrected chi connectivity index (χ3v) is 5.42. The zero-order chi connectivity index (χ0) is 21.4. The molecule has 6 heteroatoms. The predicted molar refractivity (Wildman–Crippen MR) is 122 cm³/mol. The van der Waals surface area contributed by atoms with Gasteiger partial charge in [0.05, 0.1) is 29.4 Å². The topological polar surface area (TPSA) is 80.0 Å². The molecule has 0 spiro atoms. The molecule has 2 aromatic heterocycles. The second-order valence-electron chi connectivity index (χ2n) is 7.38. The summed E-state index contributed by atoms with van der Waals surface area (Å²) in [6, 6.07) is 21.3. The summed E-state index contributed by atoms with van der Waals surface area (Å²) >= 11 is 0. The van der Waals surface area contributed by atoms with E-state index in [-0.39, 0.29) is 5.56 Å². The molecule has 0 fully saturated rings. The number of ether oxygens (including phenoxy) is 2. The van der Waals surface area contributed by atoms with Crippen LogP contribution < -0.4 is 15.0 Å². The molecule has 5 rings (SSSR count). The molecule has 3 aromatic carbocycles. The van der Waals surface area contributed by atoms with Crippen molar-refractivity contribution < 1.29 is 9.47 Å². The van der Waals surface area contributed by atoms with Gasteiger partial charge in [-0.2, -0.15) is 0 Å². The lowest BCUT2D eigenvalue weighted by molar-refractivity contribution is 0.285. The summed E-state index contributed by atoms with van der Waals surface area (Å²) in [6.45, 7) is 2.41. The van der Waals surface area contributed by atoms with Crippen LogP contribution in [0.25, 0.3) is 33.3 Å². The average molecular weight is 411 g/mol. The maximum Gasteiger partial charge on any atom is 0.276 e. The molecule has 0 unspecified atom stereocenters. The fourth-order valence-corrected chi connectivity index (χ4v) is 3.78. The lowest BCUT2D eigenvalue weighted by atomic mass is 10.1. The number of nitrogens with one attached hydrogen (secondary N) is 2. The van der Waals surface area contributed by atoms with E-state index < -0.39 is 0 Å². The van der Waals surface area contributed by atoms with Gasteiger partial charge in [0.1, 0.15) is 6.61 Å². The van der Waals surface area contributed by atoms with E-state index in [1.54, 1.807) is 7.11 Å². The molecule has 0 saturated carbocycles. The van der Waals surface area contributed by atoms with Crippen LogP contribution in [0.4, 0.5) is 0 Å². The van der Waals surface area contributed by atoms with Crippen molar-refractivity contribution >= 4 is 21.9 Å². The first-order valence-corrected chi connectivity index (χ1v) is 10.0. The van der Waals surface area contributed by atoms with Gasteiger partial charge in [-0.25, -0.2) is 4.98 Å². The fourth-order valence-electron chi connectivity index (χ4n) is 3.78. The standard InChI is InChI=1S/C25H21N3O3/c1-15-17-12-22(31-14-16-8-4-3-5-9-16)21(30-2)13-20(17)27-23(15)24-25(29)28-19-11-7-6-10-18(19)26-24/h3-13,27H,14H2,1-2H3,(H,28,29). The number of aryl methyl sites for hydroxylation is 1. The molecule has 0 aliphatic rings. The highest BCUT2D eigenvalue weighted by atomic mass is 16.5. The first-order valence-electron chi connectivity index (χ1n) is 10.0. The van der Waals surface area contributed by atoms with Crippen LogP contribution >= 0.6 is 0 Å². The smallest absolute Gasteiger partial charge is 0.276 e. The normalized spacial score (nSPS) is 11.2. The van der Waals surface area contributed by atoms with Crippen molar-refractivity contribution in [3.63, 3.8) is 0 Å². The highest BCUT2D eigenvalue weighted by Gasteiger charge is 2.18. The monoisotopic (exact) mass is 411 g/mol. The van der Waals surface area contributed by atoms with Crippen LogP contribution in [0.2, 0.25) is 0 Å². The molecule has 0 aliphatic heterocycles. The molecular formula is C25H21N3O3. The first-order chi connectivity index (χ1) is 15.1. The van der Waals surface area contributed by atoms with Gasteiger partial charge >= 0.3 is 0 Å². The van der Waals surface area contributed by atoms with Crippen molar-refractivity contribution in [3.8, 4) is 22.9 Å². The van der Waals surface area contributed by atoms with Gasteiger partial charge in [0.25, 0.3) is 5.56 Å². The Bertz CT molecular complexity index is 1450. The molecule has 2 heterocycles. The zero-order valence-electron chi connectivity index (χ0n) is 17.2. The van der Waals surface area contributed by atoms with E-state index in [9.17, 15) is 4.79 Å². The number of H-pyrrole nitrogens is 2. The van der Waals surface area contributed by atoms with E-state index in [2.05, 4.69) is 15.0 Å². The third-order valence-electron chi connectivity index (χ3n) is 5.42. The van der Waals surface area contributed by atoms with Crippen LogP contribution in [-0.2, 0) is 6.61 Å². The Morgan fingerprint density at radius 3 is 2.48 bits per heavy atom. The zero-order valence-corrected chi connectivity index (χ0v) is 17.2. The third kappa shape index (κ3) is 3.42. The Morgan fingerprint density at radius 1 is 0.903 bits per heavy atom. The Hall–Kier alpha value is -4.06. The van der Waals surface area contributed by atoms with Gasteiger partial charge in [0, 0.05) is 11.5 Å². The maximum atomic E-state index is 12.7. The van der Waals surface area contributed by atoms with Gasteiger partial charge in [0.2, 0.25) is 0 Å². The molecule has 6 nitrogen and oxygen atoms in total. The minimum Gasteiger partial charge on any atom is -0.493 e. The van der Waals surface area contributed by atoms with Crippen LogP contribution in [-0.4, -0.2) is 22.1 Å². The SMILES string of the molecule is COc1cc2[nH]c(-c3nc4ccccc4[nH]c3=O)c(C)c2cc1OCc1ccccc1. The molecule has 0 atom stereocenters. The molecule has 0 amide bonds. The molecule has 0 saturated heterocycles. The molecule has 0 aliphatic carbocycles.